The normalized spacial score (nSPS) is 11.9. The Morgan fingerprint density at radius 3 is 2.35 bits per heavy atom. The van der Waals surface area contributed by atoms with Crippen LogP contribution in [0.2, 0.25) is 0 Å². The van der Waals surface area contributed by atoms with Gasteiger partial charge in [-0.1, -0.05) is 12.1 Å². The highest BCUT2D eigenvalue weighted by molar-refractivity contribution is 5.75. The first-order valence-corrected chi connectivity index (χ1v) is 5.53. The van der Waals surface area contributed by atoms with Gasteiger partial charge in [-0.2, -0.15) is 0 Å². The van der Waals surface area contributed by atoms with Crippen LogP contribution in [0.15, 0.2) is 24.3 Å². The van der Waals surface area contributed by atoms with E-state index in [1.54, 1.807) is 14.0 Å². The summed E-state index contributed by atoms with van der Waals surface area (Å²) in [6, 6.07) is 7.52. The zero-order valence-electron chi connectivity index (χ0n) is 10.4. The zero-order valence-corrected chi connectivity index (χ0v) is 10.4. The molecular weight excluding hydrogens is 220 g/mol. The third-order valence-corrected chi connectivity index (χ3v) is 2.41. The standard InChI is InChI=1S/C13H18O4/c1-4-17-13(14)12(16-3)9-10-5-7-11(15-2)8-6-10/h5-8,12H,4,9H2,1-3H3. The number of carbonyl (C=O) groups is 1. The van der Waals surface area contributed by atoms with Crippen molar-refractivity contribution in [3.63, 3.8) is 0 Å². The van der Waals surface area contributed by atoms with Gasteiger partial charge in [0.2, 0.25) is 0 Å². The molecule has 0 radical (unpaired) electrons. The fourth-order valence-corrected chi connectivity index (χ4v) is 1.47. The Balaban J connectivity index is 2.63. The van der Waals surface area contributed by atoms with Crippen molar-refractivity contribution in [1.82, 2.24) is 0 Å². The van der Waals surface area contributed by atoms with Gasteiger partial charge in [0, 0.05) is 13.5 Å². The summed E-state index contributed by atoms with van der Waals surface area (Å²) in [5, 5.41) is 0. The topological polar surface area (TPSA) is 44.8 Å². The monoisotopic (exact) mass is 238 g/mol. The van der Waals surface area contributed by atoms with E-state index in [0.717, 1.165) is 11.3 Å². The molecule has 1 rings (SSSR count). The molecule has 0 amide bonds. The molecule has 0 aliphatic carbocycles. The SMILES string of the molecule is CCOC(=O)C(Cc1ccc(OC)cc1)OC. The Kier molecular flexibility index (Phi) is 5.49. The molecule has 0 fully saturated rings. The van der Waals surface area contributed by atoms with E-state index >= 15 is 0 Å². The second-order valence-electron chi connectivity index (χ2n) is 3.53. The molecule has 0 aliphatic rings. The van der Waals surface area contributed by atoms with E-state index in [4.69, 9.17) is 14.2 Å². The first-order valence-electron chi connectivity index (χ1n) is 5.53. The van der Waals surface area contributed by atoms with Crippen LogP contribution in [0.1, 0.15) is 12.5 Å². The summed E-state index contributed by atoms with van der Waals surface area (Å²) in [7, 11) is 3.12. The lowest BCUT2D eigenvalue weighted by Gasteiger charge is -2.13. The van der Waals surface area contributed by atoms with Crippen molar-refractivity contribution < 1.29 is 19.0 Å². The Labute approximate surface area is 101 Å². The van der Waals surface area contributed by atoms with E-state index in [1.807, 2.05) is 24.3 Å². The van der Waals surface area contributed by atoms with Crippen LogP contribution in [-0.2, 0) is 20.7 Å². The minimum absolute atomic E-state index is 0.328. The van der Waals surface area contributed by atoms with Crippen LogP contribution in [0.3, 0.4) is 0 Å². The predicted molar refractivity (Wildman–Crippen MR) is 64.1 cm³/mol. The third-order valence-electron chi connectivity index (χ3n) is 2.41. The molecule has 0 aliphatic heterocycles. The molecule has 4 nitrogen and oxygen atoms in total. The summed E-state index contributed by atoms with van der Waals surface area (Å²) < 4.78 is 15.1. The molecule has 0 heterocycles. The second kappa shape index (κ2) is 6.91. The Bertz CT molecular complexity index is 345. The first-order chi connectivity index (χ1) is 8.21. The molecule has 0 saturated heterocycles. The number of hydrogen-bond acceptors (Lipinski definition) is 4. The van der Waals surface area contributed by atoms with Gasteiger partial charge in [-0.25, -0.2) is 4.79 Å². The summed E-state index contributed by atoms with van der Waals surface area (Å²) in [5.74, 6) is 0.463. The van der Waals surface area contributed by atoms with Crippen LogP contribution in [-0.4, -0.2) is 32.9 Å². The first kappa shape index (κ1) is 13.5. The summed E-state index contributed by atoms with van der Waals surface area (Å²) in [6.07, 6.45) is -0.0531. The van der Waals surface area contributed by atoms with Gasteiger partial charge in [-0.15, -0.1) is 0 Å². The Morgan fingerprint density at radius 1 is 1.24 bits per heavy atom. The lowest BCUT2D eigenvalue weighted by Crippen LogP contribution is -2.27. The second-order valence-corrected chi connectivity index (χ2v) is 3.53. The number of ether oxygens (including phenoxy) is 3. The largest absolute Gasteiger partial charge is 0.497 e. The predicted octanol–water partition coefficient (Wildman–Crippen LogP) is 1.82. The van der Waals surface area contributed by atoms with E-state index in [0.29, 0.717) is 13.0 Å². The van der Waals surface area contributed by atoms with Gasteiger partial charge in [0.15, 0.2) is 6.10 Å². The van der Waals surface area contributed by atoms with Gasteiger partial charge in [0.05, 0.1) is 13.7 Å². The van der Waals surface area contributed by atoms with Crippen LogP contribution in [0.5, 0.6) is 5.75 Å². The third kappa shape index (κ3) is 4.07. The minimum Gasteiger partial charge on any atom is -0.497 e. The van der Waals surface area contributed by atoms with Crippen LogP contribution in [0.25, 0.3) is 0 Å². The van der Waals surface area contributed by atoms with Crippen molar-refractivity contribution in [2.24, 2.45) is 0 Å². The maximum atomic E-state index is 11.5. The molecule has 0 aromatic heterocycles. The zero-order chi connectivity index (χ0) is 12.7. The van der Waals surface area contributed by atoms with Crippen molar-refractivity contribution in [2.45, 2.75) is 19.4 Å². The Hall–Kier alpha value is -1.55. The summed E-state index contributed by atoms with van der Waals surface area (Å²) in [6.45, 7) is 2.14. The highest BCUT2D eigenvalue weighted by Crippen LogP contribution is 2.13. The average Bonchev–Trinajstić information content (AvgIpc) is 2.37. The molecule has 0 N–H and O–H groups in total. The molecule has 1 aromatic carbocycles. The number of benzene rings is 1. The molecular formula is C13H18O4. The Morgan fingerprint density at radius 2 is 1.88 bits per heavy atom. The maximum Gasteiger partial charge on any atom is 0.335 e. The van der Waals surface area contributed by atoms with E-state index in [-0.39, 0.29) is 5.97 Å². The van der Waals surface area contributed by atoms with E-state index in [1.165, 1.54) is 7.11 Å². The number of methoxy groups -OCH3 is 2. The van der Waals surface area contributed by atoms with Gasteiger partial charge in [-0.05, 0) is 24.6 Å². The molecule has 4 heteroatoms. The van der Waals surface area contributed by atoms with Crippen molar-refractivity contribution in [1.29, 1.82) is 0 Å². The van der Waals surface area contributed by atoms with Crippen LogP contribution in [0, 0.1) is 0 Å². The van der Waals surface area contributed by atoms with Gasteiger partial charge in [0.1, 0.15) is 5.75 Å². The summed E-state index contributed by atoms with van der Waals surface area (Å²) in [5.41, 5.74) is 1.01. The highest BCUT2D eigenvalue weighted by atomic mass is 16.6. The molecule has 1 aromatic rings. The molecule has 1 atom stereocenters. The molecule has 0 bridgehead atoms. The molecule has 0 spiro atoms. The smallest absolute Gasteiger partial charge is 0.335 e. The molecule has 94 valence electrons. The van der Waals surface area contributed by atoms with Gasteiger partial charge in [0.25, 0.3) is 0 Å². The fraction of sp³-hybridized carbons (Fsp3) is 0.462. The molecule has 17 heavy (non-hydrogen) atoms. The summed E-state index contributed by atoms with van der Waals surface area (Å²) >= 11 is 0. The van der Waals surface area contributed by atoms with E-state index < -0.39 is 6.10 Å². The van der Waals surface area contributed by atoms with Gasteiger partial charge >= 0.3 is 5.97 Å². The van der Waals surface area contributed by atoms with Crippen molar-refractivity contribution in [3.05, 3.63) is 29.8 Å². The minimum atomic E-state index is -0.552. The number of carbonyl (C=O) groups excluding carboxylic acids is 1. The highest BCUT2D eigenvalue weighted by Gasteiger charge is 2.19. The van der Waals surface area contributed by atoms with Crippen LogP contribution >= 0.6 is 0 Å². The van der Waals surface area contributed by atoms with E-state index in [9.17, 15) is 4.79 Å². The van der Waals surface area contributed by atoms with Crippen molar-refractivity contribution >= 4 is 5.97 Å². The fourth-order valence-electron chi connectivity index (χ4n) is 1.47. The quantitative estimate of drug-likeness (QED) is 0.709. The lowest BCUT2D eigenvalue weighted by molar-refractivity contribution is -0.154. The lowest BCUT2D eigenvalue weighted by atomic mass is 10.1. The van der Waals surface area contributed by atoms with Gasteiger partial charge < -0.3 is 14.2 Å². The average molecular weight is 238 g/mol. The molecule has 0 saturated carbocycles. The van der Waals surface area contributed by atoms with Crippen LogP contribution < -0.4 is 4.74 Å². The number of hydrogen-bond donors (Lipinski definition) is 0. The molecule has 1 unspecified atom stereocenters. The van der Waals surface area contributed by atoms with Crippen molar-refractivity contribution in [2.75, 3.05) is 20.8 Å². The number of rotatable bonds is 6. The van der Waals surface area contributed by atoms with Gasteiger partial charge in [-0.3, -0.25) is 0 Å². The van der Waals surface area contributed by atoms with Crippen LogP contribution in [0.4, 0.5) is 0 Å². The number of esters is 1. The van der Waals surface area contributed by atoms with E-state index in [2.05, 4.69) is 0 Å². The summed E-state index contributed by atoms with van der Waals surface area (Å²) in [4.78, 5) is 11.5. The van der Waals surface area contributed by atoms with Crippen molar-refractivity contribution in [3.8, 4) is 5.75 Å². The maximum absolute atomic E-state index is 11.5.